The minimum Gasteiger partial charge on any atom is -0.390 e. The average Bonchev–Trinajstić information content (AvgIpc) is 2.15. The first-order chi connectivity index (χ1) is 7.35. The first-order valence-corrected chi connectivity index (χ1v) is 6.58. The molecular weight excluding hydrogens is 200 g/mol. The molecule has 0 bridgehead atoms. The van der Waals surface area contributed by atoms with Crippen LogP contribution in [0.25, 0.3) is 0 Å². The molecule has 2 saturated carbocycles. The van der Waals surface area contributed by atoms with Crippen LogP contribution in [0.4, 0.5) is 0 Å². The lowest BCUT2D eigenvalue weighted by molar-refractivity contribution is -0.138. The number of ketones is 1. The largest absolute Gasteiger partial charge is 0.390 e. The predicted octanol–water partition coefficient (Wildman–Crippen LogP) is 2.93. The second-order valence-electron chi connectivity index (χ2n) is 6.50. The summed E-state index contributed by atoms with van der Waals surface area (Å²) in [4.78, 5) is 11.5. The van der Waals surface area contributed by atoms with Crippen LogP contribution in [0.1, 0.15) is 59.3 Å². The maximum atomic E-state index is 11.5. The van der Waals surface area contributed by atoms with E-state index in [0.717, 1.165) is 32.1 Å². The van der Waals surface area contributed by atoms with Crippen molar-refractivity contribution in [2.24, 2.45) is 17.3 Å². The van der Waals surface area contributed by atoms with Crippen LogP contribution < -0.4 is 0 Å². The molecule has 0 unspecified atom stereocenters. The van der Waals surface area contributed by atoms with E-state index < -0.39 is 5.60 Å². The molecule has 0 saturated heterocycles. The monoisotopic (exact) mass is 224 g/mol. The van der Waals surface area contributed by atoms with E-state index in [1.54, 1.807) is 6.92 Å². The second-order valence-corrected chi connectivity index (χ2v) is 6.50. The molecule has 2 nitrogen and oxygen atoms in total. The van der Waals surface area contributed by atoms with Crippen molar-refractivity contribution in [3.8, 4) is 0 Å². The number of rotatable bonds is 1. The van der Waals surface area contributed by atoms with E-state index in [0.29, 0.717) is 11.7 Å². The van der Waals surface area contributed by atoms with Gasteiger partial charge in [0.1, 0.15) is 5.78 Å². The van der Waals surface area contributed by atoms with Crippen LogP contribution in [0.3, 0.4) is 0 Å². The van der Waals surface area contributed by atoms with Crippen LogP contribution in [0, 0.1) is 17.3 Å². The Kier molecular flexibility index (Phi) is 2.90. The van der Waals surface area contributed by atoms with Gasteiger partial charge in [-0.3, -0.25) is 4.79 Å². The Balaban J connectivity index is 2.21. The van der Waals surface area contributed by atoms with E-state index in [-0.39, 0.29) is 11.3 Å². The molecule has 2 aliphatic carbocycles. The van der Waals surface area contributed by atoms with Crippen LogP contribution >= 0.6 is 0 Å². The Labute approximate surface area is 98.4 Å². The number of fused-ring (bicyclic) bond motifs is 1. The van der Waals surface area contributed by atoms with Gasteiger partial charge in [-0.05, 0) is 57.3 Å². The zero-order chi connectivity index (χ0) is 12.0. The predicted molar refractivity (Wildman–Crippen MR) is 64.1 cm³/mol. The molecule has 16 heavy (non-hydrogen) atoms. The second kappa shape index (κ2) is 3.83. The van der Waals surface area contributed by atoms with Gasteiger partial charge in [0.2, 0.25) is 0 Å². The fraction of sp³-hybridized carbons (Fsp3) is 0.929. The van der Waals surface area contributed by atoms with Gasteiger partial charge in [0.25, 0.3) is 0 Å². The van der Waals surface area contributed by atoms with E-state index in [1.165, 1.54) is 6.42 Å². The third-order valence-electron chi connectivity index (χ3n) is 5.18. The molecule has 2 fully saturated rings. The minimum atomic E-state index is -0.554. The van der Waals surface area contributed by atoms with Gasteiger partial charge < -0.3 is 5.11 Å². The highest BCUT2D eigenvalue weighted by molar-refractivity contribution is 5.78. The molecule has 0 amide bonds. The van der Waals surface area contributed by atoms with Crippen LogP contribution in [-0.2, 0) is 4.79 Å². The van der Waals surface area contributed by atoms with Gasteiger partial charge in [-0.15, -0.1) is 0 Å². The van der Waals surface area contributed by atoms with Crippen LogP contribution in [0.2, 0.25) is 0 Å². The SMILES string of the molecule is CC(=O)[C@@H]1CC[C@@]2(C)CCC[C@@](C)(O)[C@@H]2C1. The molecule has 2 aliphatic rings. The Morgan fingerprint density at radius 3 is 2.56 bits per heavy atom. The zero-order valence-corrected chi connectivity index (χ0v) is 10.8. The number of Topliss-reactive ketones (excluding diaryl/α,β-unsaturated/α-hetero) is 1. The highest BCUT2D eigenvalue weighted by Crippen LogP contribution is 2.55. The quantitative estimate of drug-likeness (QED) is 0.743. The van der Waals surface area contributed by atoms with Crippen molar-refractivity contribution in [3.63, 3.8) is 0 Å². The lowest BCUT2D eigenvalue weighted by atomic mass is 9.53. The maximum Gasteiger partial charge on any atom is 0.132 e. The lowest BCUT2D eigenvalue weighted by Crippen LogP contribution is -2.51. The van der Waals surface area contributed by atoms with Gasteiger partial charge in [-0.2, -0.15) is 0 Å². The summed E-state index contributed by atoms with van der Waals surface area (Å²) in [6.07, 6.45) is 6.29. The van der Waals surface area contributed by atoms with Crippen molar-refractivity contribution in [2.75, 3.05) is 0 Å². The molecule has 0 aromatic rings. The van der Waals surface area contributed by atoms with Gasteiger partial charge in [0.15, 0.2) is 0 Å². The van der Waals surface area contributed by atoms with E-state index >= 15 is 0 Å². The summed E-state index contributed by atoms with van der Waals surface area (Å²) < 4.78 is 0. The third kappa shape index (κ3) is 1.92. The van der Waals surface area contributed by atoms with Crippen LogP contribution in [0.5, 0.6) is 0 Å². The minimum absolute atomic E-state index is 0.197. The molecular formula is C14H24O2. The molecule has 2 rings (SSSR count). The number of carbonyl (C=O) groups excluding carboxylic acids is 1. The summed E-state index contributed by atoms with van der Waals surface area (Å²) in [7, 11) is 0. The molecule has 0 spiro atoms. The van der Waals surface area contributed by atoms with Crippen molar-refractivity contribution < 1.29 is 9.90 Å². The number of hydrogen-bond donors (Lipinski definition) is 1. The van der Waals surface area contributed by atoms with Crippen molar-refractivity contribution in [3.05, 3.63) is 0 Å². The number of aliphatic hydroxyl groups is 1. The third-order valence-corrected chi connectivity index (χ3v) is 5.18. The molecule has 0 aromatic heterocycles. The average molecular weight is 224 g/mol. The van der Waals surface area contributed by atoms with Crippen molar-refractivity contribution in [1.29, 1.82) is 0 Å². The van der Waals surface area contributed by atoms with Gasteiger partial charge >= 0.3 is 0 Å². The Hall–Kier alpha value is -0.370. The molecule has 1 N–H and O–H groups in total. The Morgan fingerprint density at radius 2 is 1.94 bits per heavy atom. The van der Waals surface area contributed by atoms with E-state index in [2.05, 4.69) is 6.92 Å². The van der Waals surface area contributed by atoms with Crippen LogP contribution in [-0.4, -0.2) is 16.5 Å². The molecule has 0 heterocycles. The van der Waals surface area contributed by atoms with Gasteiger partial charge in [-0.1, -0.05) is 13.3 Å². The molecule has 0 aromatic carbocycles. The van der Waals surface area contributed by atoms with Crippen molar-refractivity contribution in [2.45, 2.75) is 64.9 Å². The van der Waals surface area contributed by atoms with Crippen molar-refractivity contribution >= 4 is 5.78 Å². The first-order valence-electron chi connectivity index (χ1n) is 6.58. The first kappa shape index (κ1) is 12.1. The lowest BCUT2D eigenvalue weighted by Gasteiger charge is -2.54. The van der Waals surface area contributed by atoms with Crippen molar-refractivity contribution in [1.82, 2.24) is 0 Å². The van der Waals surface area contributed by atoms with Gasteiger partial charge in [0, 0.05) is 5.92 Å². The number of hydrogen-bond acceptors (Lipinski definition) is 2. The highest BCUT2D eigenvalue weighted by atomic mass is 16.3. The normalized spacial score (nSPS) is 48.5. The van der Waals surface area contributed by atoms with E-state index in [1.807, 2.05) is 6.92 Å². The van der Waals surface area contributed by atoms with E-state index in [9.17, 15) is 9.90 Å². The maximum absolute atomic E-state index is 11.5. The topological polar surface area (TPSA) is 37.3 Å². The summed E-state index contributed by atoms with van der Waals surface area (Å²) >= 11 is 0. The van der Waals surface area contributed by atoms with Gasteiger partial charge in [0.05, 0.1) is 5.60 Å². The molecule has 2 heteroatoms. The Morgan fingerprint density at radius 1 is 1.25 bits per heavy atom. The fourth-order valence-electron chi connectivity index (χ4n) is 4.06. The summed E-state index contributed by atoms with van der Waals surface area (Å²) in [6.45, 7) is 5.98. The standard InChI is InChI=1S/C14H24O2/c1-10(15)11-5-8-13(2)6-4-7-14(3,16)12(13)9-11/h11-12,16H,4-9H2,1-3H3/t11-,12-,13-,14-/m1/s1. The molecule has 4 atom stereocenters. The molecule has 92 valence electrons. The molecule has 0 aliphatic heterocycles. The molecule has 0 radical (unpaired) electrons. The Bertz CT molecular complexity index is 295. The number of carbonyl (C=O) groups is 1. The fourth-order valence-corrected chi connectivity index (χ4v) is 4.06. The zero-order valence-electron chi connectivity index (χ0n) is 10.8. The summed E-state index contributed by atoms with van der Waals surface area (Å²) in [5.74, 6) is 0.822. The summed E-state index contributed by atoms with van der Waals surface area (Å²) in [5.41, 5.74) is -0.283. The van der Waals surface area contributed by atoms with Gasteiger partial charge in [-0.25, -0.2) is 0 Å². The smallest absolute Gasteiger partial charge is 0.132 e. The summed E-state index contributed by atoms with van der Waals surface area (Å²) in [6, 6.07) is 0. The van der Waals surface area contributed by atoms with Crippen LogP contribution in [0.15, 0.2) is 0 Å². The summed E-state index contributed by atoms with van der Waals surface area (Å²) in [5, 5.41) is 10.5. The highest BCUT2D eigenvalue weighted by Gasteiger charge is 2.51. The van der Waals surface area contributed by atoms with E-state index in [4.69, 9.17) is 0 Å².